The minimum absolute atomic E-state index is 0.103. The molecular formula is C11H13FN2O5. The van der Waals surface area contributed by atoms with Crippen molar-refractivity contribution in [3.8, 4) is 0 Å². The number of benzene rings is 1. The van der Waals surface area contributed by atoms with Crippen molar-refractivity contribution < 1.29 is 24.0 Å². The lowest BCUT2D eigenvalue weighted by Gasteiger charge is -2.15. The monoisotopic (exact) mass is 272 g/mol. The van der Waals surface area contributed by atoms with Gasteiger partial charge in [-0.05, 0) is 6.07 Å². The minimum atomic E-state index is -1.16. The highest BCUT2D eigenvalue weighted by Gasteiger charge is 2.19. The number of nitrogens with zero attached hydrogens (tertiary/aromatic N) is 1. The number of non-ortho nitro benzene ring substituents is 1. The van der Waals surface area contributed by atoms with Crippen molar-refractivity contribution in [1.82, 2.24) is 0 Å². The SMILES string of the molecule is COCCC(Nc1ccc([N+](=O)[O-])cc1F)C(=O)O. The molecule has 2 N–H and O–H groups in total. The van der Waals surface area contributed by atoms with Gasteiger partial charge in [0.2, 0.25) is 0 Å². The minimum Gasteiger partial charge on any atom is -0.480 e. The maximum Gasteiger partial charge on any atom is 0.326 e. The van der Waals surface area contributed by atoms with Crippen molar-refractivity contribution in [2.24, 2.45) is 0 Å². The zero-order chi connectivity index (χ0) is 14.4. The van der Waals surface area contributed by atoms with E-state index in [2.05, 4.69) is 5.32 Å². The number of carbonyl (C=O) groups is 1. The molecule has 0 amide bonds. The molecule has 1 unspecified atom stereocenters. The molecule has 1 aromatic carbocycles. The van der Waals surface area contributed by atoms with E-state index < -0.39 is 28.4 Å². The van der Waals surface area contributed by atoms with Crippen LogP contribution in [0.25, 0.3) is 0 Å². The van der Waals surface area contributed by atoms with E-state index >= 15 is 0 Å². The predicted octanol–water partition coefficient (Wildman–Crippen LogP) is 1.64. The van der Waals surface area contributed by atoms with Gasteiger partial charge in [0.25, 0.3) is 5.69 Å². The fourth-order valence-electron chi connectivity index (χ4n) is 1.42. The Morgan fingerprint density at radius 2 is 2.32 bits per heavy atom. The lowest BCUT2D eigenvalue weighted by Crippen LogP contribution is -2.30. The highest BCUT2D eigenvalue weighted by molar-refractivity contribution is 5.77. The average Bonchev–Trinajstić information content (AvgIpc) is 2.35. The van der Waals surface area contributed by atoms with Gasteiger partial charge >= 0.3 is 5.97 Å². The molecule has 104 valence electrons. The maximum absolute atomic E-state index is 13.6. The second-order valence-electron chi connectivity index (χ2n) is 3.74. The van der Waals surface area contributed by atoms with Gasteiger partial charge in [-0.1, -0.05) is 0 Å². The molecule has 0 radical (unpaired) electrons. The van der Waals surface area contributed by atoms with Crippen LogP contribution in [-0.2, 0) is 9.53 Å². The average molecular weight is 272 g/mol. The number of hydrogen-bond acceptors (Lipinski definition) is 5. The molecule has 1 atom stereocenters. The fraction of sp³-hybridized carbons (Fsp3) is 0.364. The van der Waals surface area contributed by atoms with E-state index in [-0.39, 0.29) is 18.7 Å². The van der Waals surface area contributed by atoms with Gasteiger partial charge in [0.1, 0.15) is 6.04 Å². The molecule has 1 aromatic rings. The number of nitrogens with one attached hydrogen (secondary N) is 1. The summed E-state index contributed by atoms with van der Waals surface area (Å²) >= 11 is 0. The number of anilines is 1. The summed E-state index contributed by atoms with van der Waals surface area (Å²) in [6.07, 6.45) is 0.141. The topological polar surface area (TPSA) is 102 Å². The molecule has 19 heavy (non-hydrogen) atoms. The standard InChI is InChI=1S/C11H13FN2O5/c1-19-5-4-10(11(15)16)13-9-3-2-7(14(17)18)6-8(9)12/h2-3,6,10,13H,4-5H2,1H3,(H,15,16). The zero-order valence-electron chi connectivity index (χ0n) is 10.1. The lowest BCUT2D eigenvalue weighted by molar-refractivity contribution is -0.385. The van der Waals surface area contributed by atoms with Crippen LogP contribution in [0.1, 0.15) is 6.42 Å². The van der Waals surface area contributed by atoms with E-state index in [0.717, 1.165) is 18.2 Å². The molecule has 0 heterocycles. The van der Waals surface area contributed by atoms with Crippen LogP contribution in [0.4, 0.5) is 15.8 Å². The summed E-state index contributed by atoms with van der Waals surface area (Å²) in [6.45, 7) is 0.193. The first-order valence-electron chi connectivity index (χ1n) is 5.38. The summed E-state index contributed by atoms with van der Waals surface area (Å²) in [5.74, 6) is -2.03. The van der Waals surface area contributed by atoms with Crippen LogP contribution in [0, 0.1) is 15.9 Å². The third kappa shape index (κ3) is 4.18. The second-order valence-corrected chi connectivity index (χ2v) is 3.74. The Morgan fingerprint density at radius 3 is 2.79 bits per heavy atom. The molecule has 0 spiro atoms. The number of methoxy groups -OCH3 is 1. The molecule has 1 rings (SSSR count). The van der Waals surface area contributed by atoms with Crippen molar-refractivity contribution >= 4 is 17.3 Å². The second kappa shape index (κ2) is 6.64. The van der Waals surface area contributed by atoms with Gasteiger partial charge in [-0.3, -0.25) is 10.1 Å². The van der Waals surface area contributed by atoms with E-state index in [1.165, 1.54) is 7.11 Å². The van der Waals surface area contributed by atoms with Crippen LogP contribution in [0.3, 0.4) is 0 Å². The summed E-state index contributed by atoms with van der Waals surface area (Å²) in [4.78, 5) is 20.7. The third-order valence-electron chi connectivity index (χ3n) is 2.40. The fourth-order valence-corrected chi connectivity index (χ4v) is 1.42. The van der Waals surface area contributed by atoms with Gasteiger partial charge in [0, 0.05) is 26.2 Å². The van der Waals surface area contributed by atoms with E-state index in [4.69, 9.17) is 9.84 Å². The number of nitro groups is 1. The Morgan fingerprint density at radius 1 is 1.63 bits per heavy atom. The van der Waals surface area contributed by atoms with Crippen LogP contribution in [0.2, 0.25) is 0 Å². The highest BCUT2D eigenvalue weighted by atomic mass is 19.1. The van der Waals surface area contributed by atoms with E-state index in [1.807, 2.05) is 0 Å². The first-order valence-corrected chi connectivity index (χ1v) is 5.38. The third-order valence-corrected chi connectivity index (χ3v) is 2.40. The molecule has 7 nitrogen and oxygen atoms in total. The summed E-state index contributed by atoms with van der Waals surface area (Å²) in [6, 6.07) is 1.94. The Bertz CT molecular complexity index is 480. The number of halogens is 1. The predicted molar refractivity (Wildman–Crippen MR) is 64.6 cm³/mol. The molecule has 0 fully saturated rings. The quantitative estimate of drug-likeness (QED) is 0.578. The number of aliphatic carboxylic acids is 1. The van der Waals surface area contributed by atoms with Gasteiger partial charge in [-0.2, -0.15) is 0 Å². The summed E-state index contributed by atoms with van der Waals surface area (Å²) < 4.78 is 18.3. The lowest BCUT2D eigenvalue weighted by atomic mass is 10.2. The van der Waals surface area contributed by atoms with Crippen molar-refractivity contribution in [3.63, 3.8) is 0 Å². The molecule has 0 aromatic heterocycles. The van der Waals surface area contributed by atoms with Gasteiger partial charge in [-0.15, -0.1) is 0 Å². The summed E-state index contributed by atoms with van der Waals surface area (Å²) in [5, 5.41) is 21.9. The smallest absolute Gasteiger partial charge is 0.326 e. The first kappa shape index (κ1) is 14.8. The van der Waals surface area contributed by atoms with Crippen molar-refractivity contribution in [2.45, 2.75) is 12.5 Å². The molecule has 8 heteroatoms. The van der Waals surface area contributed by atoms with Crippen LogP contribution >= 0.6 is 0 Å². The summed E-state index contributed by atoms with van der Waals surface area (Å²) in [5.41, 5.74) is -0.499. The first-order chi connectivity index (χ1) is 8.95. The van der Waals surface area contributed by atoms with Crippen molar-refractivity contribution in [1.29, 1.82) is 0 Å². The highest BCUT2D eigenvalue weighted by Crippen LogP contribution is 2.21. The van der Waals surface area contributed by atoms with Crippen molar-refractivity contribution in [2.75, 3.05) is 19.0 Å². The largest absolute Gasteiger partial charge is 0.480 e. The number of nitro benzene ring substituents is 1. The van der Waals surface area contributed by atoms with Crippen LogP contribution in [0.5, 0.6) is 0 Å². The van der Waals surface area contributed by atoms with E-state index in [1.54, 1.807) is 0 Å². The normalized spacial score (nSPS) is 11.9. The molecule has 0 aliphatic rings. The van der Waals surface area contributed by atoms with Crippen molar-refractivity contribution in [3.05, 3.63) is 34.1 Å². The van der Waals surface area contributed by atoms with Gasteiger partial charge < -0.3 is 15.2 Å². The Balaban J connectivity index is 2.84. The maximum atomic E-state index is 13.6. The number of carboxylic acids is 1. The number of carboxylic acid groups (broad SMARTS) is 1. The summed E-state index contributed by atoms with van der Waals surface area (Å²) in [7, 11) is 1.42. The number of ether oxygens (including phenoxy) is 1. The van der Waals surface area contributed by atoms with Crippen LogP contribution in [-0.4, -0.2) is 35.8 Å². The van der Waals surface area contributed by atoms with Gasteiger partial charge in [-0.25, -0.2) is 9.18 Å². The molecule has 0 aliphatic carbocycles. The number of rotatable bonds is 7. The Hall–Kier alpha value is -2.22. The zero-order valence-corrected chi connectivity index (χ0v) is 10.1. The van der Waals surface area contributed by atoms with Crippen LogP contribution < -0.4 is 5.32 Å². The van der Waals surface area contributed by atoms with E-state index in [0.29, 0.717) is 0 Å². The molecule has 0 bridgehead atoms. The molecule has 0 aliphatic heterocycles. The number of hydrogen-bond donors (Lipinski definition) is 2. The van der Waals surface area contributed by atoms with Gasteiger partial charge in [0.05, 0.1) is 16.7 Å². The molecular weight excluding hydrogens is 259 g/mol. The van der Waals surface area contributed by atoms with E-state index in [9.17, 15) is 19.3 Å². The van der Waals surface area contributed by atoms with Gasteiger partial charge in [0.15, 0.2) is 5.82 Å². The van der Waals surface area contributed by atoms with Crippen LogP contribution in [0.15, 0.2) is 18.2 Å². The molecule has 0 saturated heterocycles. The Labute approximate surface area is 108 Å². The Kier molecular flexibility index (Phi) is 5.19. The molecule has 0 saturated carbocycles.